The van der Waals surface area contributed by atoms with E-state index < -0.39 is 0 Å². The fourth-order valence-corrected chi connectivity index (χ4v) is 2.27. The Morgan fingerprint density at radius 2 is 1.75 bits per heavy atom. The smallest absolute Gasteiger partial charge is 0.260 e. The van der Waals surface area contributed by atoms with Crippen molar-refractivity contribution in [1.82, 2.24) is 4.90 Å². The molecule has 5 nitrogen and oxygen atoms in total. The van der Waals surface area contributed by atoms with Crippen LogP contribution in [0.25, 0.3) is 0 Å². The lowest BCUT2D eigenvalue weighted by Gasteiger charge is -2.19. The van der Waals surface area contributed by atoms with E-state index in [1.54, 1.807) is 36.2 Å². The summed E-state index contributed by atoms with van der Waals surface area (Å²) < 4.78 is 5.58. The molecule has 0 radical (unpaired) electrons. The molecule has 0 spiro atoms. The number of benzene rings is 2. The van der Waals surface area contributed by atoms with E-state index in [0.717, 1.165) is 11.1 Å². The van der Waals surface area contributed by atoms with Crippen molar-refractivity contribution >= 4 is 17.5 Å². The Hall–Kier alpha value is -2.82. The number of amides is 2. The van der Waals surface area contributed by atoms with Crippen LogP contribution >= 0.6 is 0 Å². The minimum Gasteiger partial charge on any atom is -0.482 e. The summed E-state index contributed by atoms with van der Waals surface area (Å²) >= 11 is 0. The SMILES string of the molecule is CC(=O)Nc1ccccc1OCC(=O)N(C)Cc1ccccc1C. The first kappa shape index (κ1) is 17.5. The fraction of sp³-hybridized carbons (Fsp3) is 0.263. The molecule has 0 aromatic heterocycles. The van der Waals surface area contributed by atoms with Gasteiger partial charge in [-0.2, -0.15) is 0 Å². The average Bonchev–Trinajstić information content (AvgIpc) is 2.55. The number of para-hydroxylation sites is 2. The van der Waals surface area contributed by atoms with Crippen molar-refractivity contribution in [3.63, 3.8) is 0 Å². The number of ether oxygens (including phenoxy) is 1. The van der Waals surface area contributed by atoms with Crippen LogP contribution in [0.2, 0.25) is 0 Å². The average molecular weight is 326 g/mol. The van der Waals surface area contributed by atoms with Gasteiger partial charge in [-0.15, -0.1) is 0 Å². The summed E-state index contributed by atoms with van der Waals surface area (Å²) in [4.78, 5) is 25.1. The van der Waals surface area contributed by atoms with Crippen molar-refractivity contribution in [2.24, 2.45) is 0 Å². The lowest BCUT2D eigenvalue weighted by Crippen LogP contribution is -2.31. The lowest BCUT2D eigenvalue weighted by molar-refractivity contribution is -0.132. The first-order chi connectivity index (χ1) is 11.5. The van der Waals surface area contributed by atoms with Crippen LogP contribution < -0.4 is 10.1 Å². The quantitative estimate of drug-likeness (QED) is 0.888. The summed E-state index contributed by atoms with van der Waals surface area (Å²) in [6, 6.07) is 15.0. The van der Waals surface area contributed by atoms with Crippen LogP contribution in [-0.2, 0) is 16.1 Å². The number of rotatable bonds is 6. The molecule has 0 unspecified atom stereocenters. The summed E-state index contributed by atoms with van der Waals surface area (Å²) in [7, 11) is 1.75. The van der Waals surface area contributed by atoms with Crippen LogP contribution in [0.5, 0.6) is 5.75 Å². The number of hydrogen-bond donors (Lipinski definition) is 1. The molecule has 0 aliphatic carbocycles. The highest BCUT2D eigenvalue weighted by Gasteiger charge is 2.12. The molecule has 0 saturated carbocycles. The first-order valence-corrected chi connectivity index (χ1v) is 7.75. The minimum atomic E-state index is -0.186. The number of carbonyl (C=O) groups is 2. The number of nitrogens with zero attached hydrogens (tertiary/aromatic N) is 1. The number of aryl methyl sites for hydroxylation is 1. The standard InChI is InChI=1S/C19H22N2O3/c1-14-8-4-5-9-16(14)12-21(3)19(23)13-24-18-11-7-6-10-17(18)20-15(2)22/h4-11H,12-13H2,1-3H3,(H,20,22). The molecule has 0 saturated heterocycles. The monoisotopic (exact) mass is 326 g/mol. The maximum absolute atomic E-state index is 12.3. The Morgan fingerprint density at radius 1 is 1.08 bits per heavy atom. The second-order valence-electron chi connectivity index (χ2n) is 5.64. The highest BCUT2D eigenvalue weighted by molar-refractivity contribution is 5.90. The first-order valence-electron chi connectivity index (χ1n) is 7.75. The molecule has 1 N–H and O–H groups in total. The van der Waals surface area contributed by atoms with E-state index in [0.29, 0.717) is 18.0 Å². The van der Waals surface area contributed by atoms with E-state index in [1.807, 2.05) is 31.2 Å². The van der Waals surface area contributed by atoms with Crippen LogP contribution in [0, 0.1) is 6.92 Å². The van der Waals surface area contributed by atoms with Gasteiger partial charge in [0.1, 0.15) is 5.75 Å². The number of hydrogen-bond acceptors (Lipinski definition) is 3. The van der Waals surface area contributed by atoms with Gasteiger partial charge >= 0.3 is 0 Å². The summed E-state index contributed by atoms with van der Waals surface area (Å²) in [5.74, 6) is 0.162. The molecule has 2 rings (SSSR count). The van der Waals surface area contributed by atoms with E-state index in [2.05, 4.69) is 5.32 Å². The zero-order valence-corrected chi connectivity index (χ0v) is 14.2. The van der Waals surface area contributed by atoms with Crippen LogP contribution in [0.1, 0.15) is 18.1 Å². The van der Waals surface area contributed by atoms with Crippen LogP contribution in [0.3, 0.4) is 0 Å². The van der Waals surface area contributed by atoms with E-state index in [1.165, 1.54) is 6.92 Å². The van der Waals surface area contributed by atoms with Gasteiger partial charge in [0.25, 0.3) is 5.91 Å². The number of nitrogens with one attached hydrogen (secondary N) is 1. The molecule has 0 heterocycles. The van der Waals surface area contributed by atoms with Crippen molar-refractivity contribution in [2.75, 3.05) is 19.0 Å². The van der Waals surface area contributed by atoms with Crippen molar-refractivity contribution in [3.05, 3.63) is 59.7 Å². The zero-order chi connectivity index (χ0) is 17.5. The Kier molecular flexibility index (Phi) is 5.95. The molecule has 0 aliphatic heterocycles. The van der Waals surface area contributed by atoms with Gasteiger partial charge in [-0.05, 0) is 30.2 Å². The topological polar surface area (TPSA) is 58.6 Å². The van der Waals surface area contributed by atoms with Crippen molar-refractivity contribution in [3.8, 4) is 5.75 Å². The van der Waals surface area contributed by atoms with Crippen molar-refractivity contribution < 1.29 is 14.3 Å². The van der Waals surface area contributed by atoms with Crippen LogP contribution in [0.15, 0.2) is 48.5 Å². The minimum absolute atomic E-state index is 0.0843. The maximum Gasteiger partial charge on any atom is 0.260 e. The molecule has 0 fully saturated rings. The Morgan fingerprint density at radius 3 is 2.46 bits per heavy atom. The molecule has 24 heavy (non-hydrogen) atoms. The summed E-state index contributed by atoms with van der Waals surface area (Å²) in [6.45, 7) is 3.90. The lowest BCUT2D eigenvalue weighted by atomic mass is 10.1. The van der Waals surface area contributed by atoms with Crippen molar-refractivity contribution in [1.29, 1.82) is 0 Å². The number of carbonyl (C=O) groups excluding carboxylic acids is 2. The summed E-state index contributed by atoms with van der Waals surface area (Å²) in [6.07, 6.45) is 0. The van der Waals surface area contributed by atoms with E-state index >= 15 is 0 Å². The second-order valence-corrected chi connectivity index (χ2v) is 5.64. The van der Waals surface area contributed by atoms with E-state index in [-0.39, 0.29) is 18.4 Å². The van der Waals surface area contributed by atoms with Crippen molar-refractivity contribution in [2.45, 2.75) is 20.4 Å². The summed E-state index contributed by atoms with van der Waals surface area (Å²) in [5, 5.41) is 2.68. The van der Waals surface area contributed by atoms with Crippen LogP contribution in [-0.4, -0.2) is 30.4 Å². The van der Waals surface area contributed by atoms with E-state index in [9.17, 15) is 9.59 Å². The van der Waals surface area contributed by atoms with Gasteiger partial charge in [-0.3, -0.25) is 9.59 Å². The van der Waals surface area contributed by atoms with Gasteiger partial charge in [0, 0.05) is 20.5 Å². The maximum atomic E-state index is 12.3. The normalized spacial score (nSPS) is 10.1. The predicted molar refractivity (Wildman–Crippen MR) is 93.9 cm³/mol. The zero-order valence-electron chi connectivity index (χ0n) is 14.2. The molecular weight excluding hydrogens is 304 g/mol. The highest BCUT2D eigenvalue weighted by Crippen LogP contribution is 2.23. The van der Waals surface area contributed by atoms with Gasteiger partial charge < -0.3 is 15.0 Å². The molecule has 0 aliphatic rings. The van der Waals surface area contributed by atoms with Crippen LogP contribution in [0.4, 0.5) is 5.69 Å². The fourth-order valence-electron chi connectivity index (χ4n) is 2.27. The molecular formula is C19H22N2O3. The highest BCUT2D eigenvalue weighted by atomic mass is 16.5. The number of anilines is 1. The molecule has 2 aromatic rings. The molecule has 126 valence electrons. The second kappa shape index (κ2) is 8.15. The molecule has 2 aromatic carbocycles. The Bertz CT molecular complexity index is 728. The van der Waals surface area contributed by atoms with Gasteiger partial charge in [0.15, 0.2) is 6.61 Å². The molecule has 0 atom stereocenters. The summed E-state index contributed by atoms with van der Waals surface area (Å²) in [5.41, 5.74) is 2.81. The van der Waals surface area contributed by atoms with Gasteiger partial charge in [0.05, 0.1) is 5.69 Å². The molecule has 0 bridgehead atoms. The molecule has 5 heteroatoms. The van der Waals surface area contributed by atoms with Gasteiger partial charge in [-0.25, -0.2) is 0 Å². The predicted octanol–water partition coefficient (Wildman–Crippen LogP) is 2.99. The molecule has 2 amide bonds. The van der Waals surface area contributed by atoms with Gasteiger partial charge in [-0.1, -0.05) is 36.4 Å². The Labute approximate surface area is 142 Å². The third kappa shape index (κ3) is 4.84. The third-order valence-corrected chi connectivity index (χ3v) is 3.64. The number of likely N-dealkylation sites (N-methyl/N-ethyl adjacent to an activating group) is 1. The Balaban J connectivity index is 1.96. The van der Waals surface area contributed by atoms with E-state index in [4.69, 9.17) is 4.74 Å². The largest absolute Gasteiger partial charge is 0.482 e. The third-order valence-electron chi connectivity index (χ3n) is 3.64. The van der Waals surface area contributed by atoms with Gasteiger partial charge in [0.2, 0.25) is 5.91 Å².